The van der Waals surface area contributed by atoms with Crippen molar-refractivity contribution < 1.29 is 9.30 Å². The zero-order valence-corrected chi connectivity index (χ0v) is 13.7. The molecular weight excluding hydrogens is 248 g/mol. The Balaban J connectivity index is 2.01. The molecule has 0 fully saturated rings. The monoisotopic (exact) mass is 281 g/mol. The fraction of sp³-hybridized carbons (Fsp3) is 0.824. The Labute approximate surface area is 125 Å². The van der Waals surface area contributed by atoms with E-state index in [-0.39, 0.29) is 0 Å². The molecule has 0 bridgehead atoms. The zero-order valence-electron chi connectivity index (χ0n) is 13.7. The summed E-state index contributed by atoms with van der Waals surface area (Å²) in [7, 11) is 0. The van der Waals surface area contributed by atoms with Crippen LogP contribution in [0.4, 0.5) is 0 Å². The Hall–Kier alpha value is -0.830. The molecule has 0 spiro atoms. The number of nitrogens with zero attached hydrogens (tertiary/aromatic N) is 2. The summed E-state index contributed by atoms with van der Waals surface area (Å²) in [6.45, 7) is 8.19. The molecule has 0 aromatic carbocycles. The number of aryl methyl sites for hydroxylation is 1. The topological polar surface area (TPSA) is 18.0 Å². The van der Waals surface area contributed by atoms with Gasteiger partial charge in [-0.3, -0.25) is 0 Å². The molecule has 0 aliphatic carbocycles. The highest BCUT2D eigenvalue weighted by atomic mass is 16.5. The predicted octanol–water partition coefficient (Wildman–Crippen LogP) is 4.30. The van der Waals surface area contributed by atoms with Gasteiger partial charge in [0, 0.05) is 0 Å². The first-order valence-corrected chi connectivity index (χ1v) is 8.38. The largest absolute Gasteiger partial charge is 0.339 e. The molecule has 0 aliphatic rings. The third kappa shape index (κ3) is 8.36. The smallest absolute Gasteiger partial charge is 0.245 e. The summed E-state index contributed by atoms with van der Waals surface area (Å²) in [5, 5.41) is 0. The average molecular weight is 281 g/mol. The van der Waals surface area contributed by atoms with E-state index >= 15 is 0 Å². The van der Waals surface area contributed by atoms with E-state index in [4.69, 9.17) is 4.74 Å². The summed E-state index contributed by atoms with van der Waals surface area (Å²) < 4.78 is 9.95. The third-order valence-corrected chi connectivity index (χ3v) is 3.57. The van der Waals surface area contributed by atoms with Crippen LogP contribution in [0, 0.1) is 0 Å². The van der Waals surface area contributed by atoms with Crippen molar-refractivity contribution in [2.75, 3.05) is 0 Å². The van der Waals surface area contributed by atoms with E-state index < -0.39 is 0 Å². The lowest BCUT2D eigenvalue weighted by molar-refractivity contribution is -0.734. The molecule has 20 heavy (non-hydrogen) atoms. The minimum atomic E-state index is 0.290. The van der Waals surface area contributed by atoms with Gasteiger partial charge in [-0.15, -0.1) is 0 Å². The number of hydrogen-bond donors (Lipinski definition) is 0. The van der Waals surface area contributed by atoms with Crippen LogP contribution in [-0.2, 0) is 18.0 Å². The van der Waals surface area contributed by atoms with Crippen LogP contribution in [0.15, 0.2) is 18.7 Å². The molecule has 1 rings (SSSR count). The molecule has 0 atom stereocenters. The second-order valence-electron chi connectivity index (χ2n) is 5.99. The molecule has 0 amide bonds. The van der Waals surface area contributed by atoms with Crippen LogP contribution < -0.4 is 4.57 Å². The van der Waals surface area contributed by atoms with Gasteiger partial charge in [-0.25, -0.2) is 9.13 Å². The van der Waals surface area contributed by atoms with E-state index in [1.54, 1.807) is 0 Å². The second kappa shape index (κ2) is 10.9. The summed E-state index contributed by atoms with van der Waals surface area (Å²) in [5.41, 5.74) is 0. The van der Waals surface area contributed by atoms with E-state index in [1.165, 1.54) is 51.4 Å². The minimum Gasteiger partial charge on any atom is -0.339 e. The Morgan fingerprint density at radius 1 is 1.00 bits per heavy atom. The Bertz CT molecular complexity index is 333. The second-order valence-corrected chi connectivity index (χ2v) is 5.99. The number of rotatable bonds is 12. The summed E-state index contributed by atoms with van der Waals surface area (Å²) in [4.78, 5) is 0. The van der Waals surface area contributed by atoms with Gasteiger partial charge < -0.3 is 4.74 Å². The Morgan fingerprint density at radius 3 is 2.30 bits per heavy atom. The molecule has 0 unspecified atom stereocenters. The Morgan fingerprint density at radius 2 is 1.65 bits per heavy atom. The van der Waals surface area contributed by atoms with Crippen molar-refractivity contribution in [3.63, 3.8) is 0 Å². The summed E-state index contributed by atoms with van der Waals surface area (Å²) >= 11 is 0. The first-order chi connectivity index (χ1) is 9.72. The summed E-state index contributed by atoms with van der Waals surface area (Å²) in [6.07, 6.45) is 17.7. The molecule has 1 aromatic heterocycles. The quantitative estimate of drug-likeness (QED) is 0.413. The number of hydrogen-bond acceptors (Lipinski definition) is 1. The molecule has 0 saturated carbocycles. The van der Waals surface area contributed by atoms with Crippen LogP contribution in [0.3, 0.4) is 0 Å². The highest BCUT2D eigenvalue weighted by molar-refractivity contribution is 4.65. The number of imidazole rings is 1. The van der Waals surface area contributed by atoms with Crippen molar-refractivity contribution in [1.82, 2.24) is 4.57 Å². The maximum atomic E-state index is 5.58. The summed E-state index contributed by atoms with van der Waals surface area (Å²) in [6, 6.07) is 0. The lowest BCUT2D eigenvalue weighted by Gasteiger charge is -2.03. The minimum absolute atomic E-state index is 0.290. The molecule has 116 valence electrons. The van der Waals surface area contributed by atoms with Gasteiger partial charge in [-0.05, 0) is 26.7 Å². The van der Waals surface area contributed by atoms with Crippen LogP contribution >= 0.6 is 0 Å². The highest BCUT2D eigenvalue weighted by Crippen LogP contribution is 2.08. The predicted molar refractivity (Wildman–Crippen MR) is 83.5 cm³/mol. The Kier molecular flexibility index (Phi) is 9.38. The van der Waals surface area contributed by atoms with Crippen LogP contribution in [0.5, 0.6) is 0 Å². The molecular formula is C17H33N2O+. The molecule has 0 radical (unpaired) electrons. The molecule has 1 heterocycles. The number of aromatic nitrogens is 2. The van der Waals surface area contributed by atoms with Gasteiger partial charge in [-0.1, -0.05) is 45.4 Å². The number of unbranched alkanes of at least 4 members (excludes halogenated alkanes) is 7. The fourth-order valence-electron chi connectivity index (χ4n) is 2.31. The van der Waals surface area contributed by atoms with Gasteiger partial charge in [0.15, 0.2) is 6.73 Å². The first-order valence-electron chi connectivity index (χ1n) is 8.38. The molecule has 0 aliphatic heterocycles. The van der Waals surface area contributed by atoms with Crippen LogP contribution in [0.25, 0.3) is 0 Å². The van der Waals surface area contributed by atoms with Crippen molar-refractivity contribution in [2.24, 2.45) is 0 Å². The van der Waals surface area contributed by atoms with Gasteiger partial charge in [-0.2, -0.15) is 0 Å². The lowest BCUT2D eigenvalue weighted by Crippen LogP contribution is -2.33. The van der Waals surface area contributed by atoms with E-state index in [9.17, 15) is 0 Å². The van der Waals surface area contributed by atoms with Crippen LogP contribution in [0.1, 0.15) is 72.1 Å². The molecule has 0 N–H and O–H groups in total. The lowest BCUT2D eigenvalue weighted by atomic mass is 10.1. The van der Waals surface area contributed by atoms with E-state index in [1.807, 2.05) is 0 Å². The van der Waals surface area contributed by atoms with Gasteiger partial charge in [0.25, 0.3) is 0 Å². The maximum Gasteiger partial charge on any atom is 0.245 e. The average Bonchev–Trinajstić information content (AvgIpc) is 2.87. The zero-order chi connectivity index (χ0) is 14.6. The standard InChI is InChI=1S/C17H33N2O/c1-4-5-6-7-8-9-10-11-12-18-13-14-19(15-18)16-20-17(2)3/h13-15,17H,4-12,16H2,1-3H3/q+1. The van der Waals surface area contributed by atoms with Crippen molar-refractivity contribution in [3.05, 3.63) is 18.7 Å². The highest BCUT2D eigenvalue weighted by Gasteiger charge is 2.04. The molecule has 0 saturated heterocycles. The van der Waals surface area contributed by atoms with Crippen LogP contribution in [0.2, 0.25) is 0 Å². The molecule has 3 heteroatoms. The van der Waals surface area contributed by atoms with Gasteiger partial charge in [0.05, 0.1) is 12.6 Å². The normalized spacial score (nSPS) is 11.4. The first kappa shape index (κ1) is 17.2. The van der Waals surface area contributed by atoms with Crippen molar-refractivity contribution in [3.8, 4) is 0 Å². The molecule has 3 nitrogen and oxygen atoms in total. The van der Waals surface area contributed by atoms with Gasteiger partial charge >= 0.3 is 0 Å². The van der Waals surface area contributed by atoms with Gasteiger partial charge in [0.1, 0.15) is 12.4 Å². The SMILES string of the molecule is CCCCCCCCCCn1cc[n+](COC(C)C)c1. The van der Waals surface area contributed by atoms with Gasteiger partial charge in [0.2, 0.25) is 6.33 Å². The fourth-order valence-corrected chi connectivity index (χ4v) is 2.31. The van der Waals surface area contributed by atoms with E-state index in [0.29, 0.717) is 12.8 Å². The summed E-state index contributed by atoms with van der Waals surface area (Å²) in [5.74, 6) is 0. The van der Waals surface area contributed by atoms with Crippen LogP contribution in [-0.4, -0.2) is 10.7 Å². The maximum absolute atomic E-state index is 5.58. The van der Waals surface area contributed by atoms with E-state index in [0.717, 1.165) is 6.54 Å². The van der Waals surface area contributed by atoms with Crippen molar-refractivity contribution >= 4 is 0 Å². The van der Waals surface area contributed by atoms with Crippen molar-refractivity contribution in [2.45, 2.75) is 91.5 Å². The van der Waals surface area contributed by atoms with Crippen molar-refractivity contribution in [1.29, 1.82) is 0 Å². The van der Waals surface area contributed by atoms with E-state index in [2.05, 4.69) is 48.6 Å². The third-order valence-electron chi connectivity index (χ3n) is 3.57. The molecule has 1 aromatic rings. The number of ether oxygens (including phenoxy) is 1.